The molecular weight excluding hydrogens is 164 g/mol. The third kappa shape index (κ3) is 1.88. The van der Waals surface area contributed by atoms with E-state index in [9.17, 15) is 0 Å². The molecule has 0 unspecified atom stereocenters. The number of nitrogens with one attached hydrogen (secondary N) is 2. The fourth-order valence-electron chi connectivity index (χ4n) is 1.21. The number of hydrogen-bond donors (Lipinski definition) is 2. The maximum atomic E-state index is 4.36. The van der Waals surface area contributed by atoms with E-state index < -0.39 is 0 Å². The number of rotatable bonds is 3. The first-order chi connectivity index (χ1) is 6.22. The second-order valence-electron chi connectivity index (χ2n) is 2.82. The van der Waals surface area contributed by atoms with Crippen molar-refractivity contribution in [1.29, 1.82) is 0 Å². The van der Waals surface area contributed by atoms with Gasteiger partial charge in [-0.1, -0.05) is 6.92 Å². The monoisotopic (exact) mass is 180 g/mol. The van der Waals surface area contributed by atoms with E-state index in [1.54, 1.807) is 0 Å². The van der Waals surface area contributed by atoms with Crippen molar-refractivity contribution in [3.8, 4) is 0 Å². The van der Waals surface area contributed by atoms with Gasteiger partial charge in [0.2, 0.25) is 0 Å². The Morgan fingerprint density at radius 1 is 1.08 bits per heavy atom. The molecular formula is C9H16N4. The molecule has 0 atom stereocenters. The van der Waals surface area contributed by atoms with Crippen molar-refractivity contribution in [3.63, 3.8) is 0 Å². The van der Waals surface area contributed by atoms with Crippen molar-refractivity contribution >= 4 is 11.6 Å². The van der Waals surface area contributed by atoms with E-state index in [2.05, 4.69) is 20.6 Å². The van der Waals surface area contributed by atoms with Gasteiger partial charge in [-0.2, -0.15) is 0 Å². The smallest absolute Gasteiger partial charge is 0.134 e. The van der Waals surface area contributed by atoms with E-state index >= 15 is 0 Å². The Balaban J connectivity index is 3.20. The summed E-state index contributed by atoms with van der Waals surface area (Å²) in [5, 5.41) is 6.11. The number of aryl methyl sites for hydroxylation is 1. The number of nitrogens with zero attached hydrogens (tertiary/aromatic N) is 2. The van der Waals surface area contributed by atoms with Crippen LogP contribution in [0.5, 0.6) is 0 Å². The Morgan fingerprint density at radius 3 is 1.85 bits per heavy atom. The van der Waals surface area contributed by atoms with Crippen molar-refractivity contribution in [3.05, 3.63) is 11.4 Å². The predicted molar refractivity (Wildman–Crippen MR) is 55.2 cm³/mol. The summed E-state index contributed by atoms with van der Waals surface area (Å²) in [6.07, 6.45) is 0.851. The Labute approximate surface area is 78.8 Å². The van der Waals surface area contributed by atoms with Gasteiger partial charge < -0.3 is 10.6 Å². The third-order valence-electron chi connectivity index (χ3n) is 1.98. The van der Waals surface area contributed by atoms with E-state index in [-0.39, 0.29) is 0 Å². The van der Waals surface area contributed by atoms with Crippen molar-refractivity contribution in [2.75, 3.05) is 24.7 Å². The Bertz CT molecular complexity index is 271. The Kier molecular flexibility index (Phi) is 3.06. The van der Waals surface area contributed by atoms with Gasteiger partial charge in [0.05, 0.1) is 0 Å². The van der Waals surface area contributed by atoms with Gasteiger partial charge in [0.1, 0.15) is 17.5 Å². The summed E-state index contributed by atoms with van der Waals surface area (Å²) < 4.78 is 0. The van der Waals surface area contributed by atoms with Gasteiger partial charge >= 0.3 is 0 Å². The summed E-state index contributed by atoms with van der Waals surface area (Å²) in [6.45, 7) is 4.04. The summed E-state index contributed by atoms with van der Waals surface area (Å²) in [7, 11) is 3.74. The summed E-state index contributed by atoms with van der Waals surface area (Å²) in [6, 6.07) is 0. The van der Waals surface area contributed by atoms with Gasteiger partial charge in [-0.05, 0) is 6.92 Å². The molecule has 0 aliphatic heterocycles. The zero-order valence-electron chi connectivity index (χ0n) is 8.60. The topological polar surface area (TPSA) is 49.8 Å². The molecule has 0 spiro atoms. The molecule has 0 saturated heterocycles. The van der Waals surface area contributed by atoms with E-state index in [0.717, 1.165) is 29.4 Å². The minimum Gasteiger partial charge on any atom is -0.373 e. The lowest BCUT2D eigenvalue weighted by molar-refractivity contribution is 0.933. The van der Waals surface area contributed by atoms with Crippen LogP contribution in [0.2, 0.25) is 0 Å². The highest BCUT2D eigenvalue weighted by molar-refractivity contribution is 5.56. The van der Waals surface area contributed by atoms with Crippen LogP contribution in [0, 0.1) is 6.92 Å². The molecule has 4 heteroatoms. The lowest BCUT2D eigenvalue weighted by Gasteiger charge is -2.10. The molecule has 0 aromatic carbocycles. The predicted octanol–water partition coefficient (Wildman–Crippen LogP) is 1.43. The molecule has 0 bridgehead atoms. The first-order valence-corrected chi connectivity index (χ1v) is 4.46. The van der Waals surface area contributed by atoms with Crippen LogP contribution in [0.3, 0.4) is 0 Å². The zero-order chi connectivity index (χ0) is 9.84. The quantitative estimate of drug-likeness (QED) is 0.738. The number of anilines is 2. The lowest BCUT2D eigenvalue weighted by Crippen LogP contribution is -2.06. The first-order valence-electron chi connectivity index (χ1n) is 4.46. The highest BCUT2D eigenvalue weighted by Gasteiger charge is 2.06. The van der Waals surface area contributed by atoms with E-state index in [1.807, 2.05) is 27.9 Å². The van der Waals surface area contributed by atoms with Crippen LogP contribution >= 0.6 is 0 Å². The van der Waals surface area contributed by atoms with E-state index in [4.69, 9.17) is 0 Å². The average Bonchev–Trinajstić information content (AvgIpc) is 2.18. The van der Waals surface area contributed by atoms with Crippen LogP contribution in [0.25, 0.3) is 0 Å². The maximum absolute atomic E-state index is 4.36. The Hall–Kier alpha value is -1.32. The minimum absolute atomic E-state index is 0.851. The molecule has 0 aliphatic rings. The lowest BCUT2D eigenvalue weighted by atomic mass is 10.3. The first kappa shape index (κ1) is 9.77. The maximum Gasteiger partial charge on any atom is 0.134 e. The van der Waals surface area contributed by atoms with Gasteiger partial charge in [0, 0.05) is 26.1 Å². The van der Waals surface area contributed by atoms with Gasteiger partial charge in [-0.3, -0.25) is 0 Å². The fourth-order valence-corrected chi connectivity index (χ4v) is 1.21. The van der Waals surface area contributed by atoms with Crippen LogP contribution in [-0.2, 0) is 6.42 Å². The van der Waals surface area contributed by atoms with Crippen LogP contribution in [0.4, 0.5) is 11.6 Å². The molecule has 72 valence electrons. The summed E-state index contributed by atoms with van der Waals surface area (Å²) >= 11 is 0. The van der Waals surface area contributed by atoms with Gasteiger partial charge in [-0.15, -0.1) is 0 Å². The van der Waals surface area contributed by atoms with Crippen molar-refractivity contribution in [2.24, 2.45) is 0 Å². The average molecular weight is 180 g/mol. The highest BCUT2D eigenvalue weighted by Crippen LogP contribution is 2.18. The molecule has 1 rings (SSSR count). The van der Waals surface area contributed by atoms with Crippen LogP contribution < -0.4 is 10.6 Å². The standard InChI is InChI=1S/C9H16N4/c1-5-7-12-8(10-3)6(2)9(11-4)13-7/h5H2,1-4H3,(H2,10,11,12,13). The van der Waals surface area contributed by atoms with Crippen LogP contribution in [0.15, 0.2) is 0 Å². The highest BCUT2D eigenvalue weighted by atomic mass is 15.1. The van der Waals surface area contributed by atoms with Gasteiger partial charge in [-0.25, -0.2) is 9.97 Å². The molecule has 1 aromatic heterocycles. The summed E-state index contributed by atoms with van der Waals surface area (Å²) in [5.41, 5.74) is 1.06. The molecule has 0 saturated carbocycles. The van der Waals surface area contributed by atoms with Crippen LogP contribution in [0.1, 0.15) is 18.3 Å². The normalized spacial score (nSPS) is 9.85. The SMILES string of the molecule is CCc1nc(NC)c(C)c(NC)n1. The number of hydrogen-bond acceptors (Lipinski definition) is 4. The zero-order valence-corrected chi connectivity index (χ0v) is 8.60. The van der Waals surface area contributed by atoms with E-state index in [1.165, 1.54) is 0 Å². The van der Waals surface area contributed by atoms with Crippen molar-refractivity contribution < 1.29 is 0 Å². The molecule has 13 heavy (non-hydrogen) atoms. The fraction of sp³-hybridized carbons (Fsp3) is 0.556. The minimum atomic E-state index is 0.851. The Morgan fingerprint density at radius 2 is 1.54 bits per heavy atom. The third-order valence-corrected chi connectivity index (χ3v) is 1.98. The molecule has 1 heterocycles. The van der Waals surface area contributed by atoms with Crippen molar-refractivity contribution in [1.82, 2.24) is 9.97 Å². The van der Waals surface area contributed by atoms with Gasteiger partial charge in [0.15, 0.2) is 0 Å². The summed E-state index contributed by atoms with van der Waals surface area (Å²) in [5.74, 6) is 2.66. The van der Waals surface area contributed by atoms with Crippen molar-refractivity contribution in [2.45, 2.75) is 20.3 Å². The second kappa shape index (κ2) is 4.07. The molecule has 0 amide bonds. The number of aromatic nitrogens is 2. The molecule has 4 nitrogen and oxygen atoms in total. The summed E-state index contributed by atoms with van der Waals surface area (Å²) in [4.78, 5) is 8.71. The molecule has 1 aromatic rings. The van der Waals surface area contributed by atoms with E-state index in [0.29, 0.717) is 0 Å². The van der Waals surface area contributed by atoms with Gasteiger partial charge in [0.25, 0.3) is 0 Å². The van der Waals surface area contributed by atoms with Crippen LogP contribution in [-0.4, -0.2) is 24.1 Å². The molecule has 0 fully saturated rings. The molecule has 0 aliphatic carbocycles. The second-order valence-corrected chi connectivity index (χ2v) is 2.82. The largest absolute Gasteiger partial charge is 0.373 e. The molecule has 0 radical (unpaired) electrons. The molecule has 2 N–H and O–H groups in total.